The Morgan fingerprint density at radius 1 is 0.884 bits per heavy atom. The van der Waals surface area contributed by atoms with E-state index in [4.69, 9.17) is 19.1 Å². The van der Waals surface area contributed by atoms with Crippen molar-refractivity contribution in [3.8, 4) is 23.2 Å². The number of furan rings is 1. The van der Waals surface area contributed by atoms with Gasteiger partial charge in [-0.15, -0.1) is 0 Å². The molecule has 0 aliphatic heterocycles. The molecule has 7 rings (SSSR count). The van der Waals surface area contributed by atoms with Gasteiger partial charge in [-0.05, 0) is 63.9 Å². The molecule has 7 nitrogen and oxygen atoms in total. The van der Waals surface area contributed by atoms with Gasteiger partial charge in [0.05, 0.1) is 22.6 Å². The predicted octanol–water partition coefficient (Wildman–Crippen LogP) is 8.76. The number of rotatable bonds is 3. The molecular weight excluding hydrogens is 719 g/mol. The average Bonchev–Trinajstić information content (AvgIpc) is 3.48. The van der Waals surface area contributed by atoms with Crippen molar-refractivity contribution in [2.45, 2.75) is 52.4 Å². The van der Waals surface area contributed by atoms with Gasteiger partial charge in [-0.2, -0.15) is 4.98 Å². The van der Waals surface area contributed by atoms with Gasteiger partial charge in [0.1, 0.15) is 11.5 Å². The van der Waals surface area contributed by atoms with E-state index in [9.17, 15) is 5.11 Å². The standard InChI is InChI=1S/C35H31N4O3.Pt/c1-34(2,3)20-15-16-36-28(17-20)39-26-10-8-7-9-22(26)23-11-14-29(38-32(23)39)41-21-18-24-30-27(40)13-12-25(35(4,5)6)31(30)42-33(24)37-19-21;/h7-17,19,40H,1-6H3;/q-1;. The molecule has 0 amide bonds. The minimum Gasteiger partial charge on any atom is -0.517 e. The van der Waals surface area contributed by atoms with E-state index in [2.05, 4.69) is 81.4 Å². The first-order valence-corrected chi connectivity index (χ1v) is 14.0. The first-order valence-electron chi connectivity index (χ1n) is 14.0. The van der Waals surface area contributed by atoms with Crippen molar-refractivity contribution < 1.29 is 35.3 Å². The molecule has 0 atom stereocenters. The molecule has 1 N–H and O–H groups in total. The molecule has 0 saturated carbocycles. The van der Waals surface area contributed by atoms with Crippen LogP contribution in [-0.2, 0) is 31.9 Å². The van der Waals surface area contributed by atoms with Gasteiger partial charge in [0, 0.05) is 44.1 Å². The molecule has 220 valence electrons. The number of aromatic hydroxyl groups is 1. The fourth-order valence-corrected chi connectivity index (χ4v) is 5.53. The van der Waals surface area contributed by atoms with Crippen LogP contribution in [0.3, 0.4) is 0 Å². The average molecular weight is 751 g/mol. The second kappa shape index (κ2) is 10.2. The number of aromatic nitrogens is 4. The van der Waals surface area contributed by atoms with Crippen molar-refractivity contribution in [2.24, 2.45) is 0 Å². The number of fused-ring (bicyclic) bond motifs is 6. The number of hydrogen-bond donors (Lipinski definition) is 1. The van der Waals surface area contributed by atoms with Crippen LogP contribution < -0.4 is 4.74 Å². The largest absolute Gasteiger partial charge is 0.517 e. The zero-order chi connectivity index (χ0) is 29.4. The fourth-order valence-electron chi connectivity index (χ4n) is 5.53. The molecule has 0 unspecified atom stereocenters. The molecule has 5 aromatic heterocycles. The van der Waals surface area contributed by atoms with Crippen LogP contribution in [0.5, 0.6) is 17.4 Å². The third-order valence-electron chi connectivity index (χ3n) is 7.71. The molecule has 8 heteroatoms. The summed E-state index contributed by atoms with van der Waals surface area (Å²) in [6.45, 7) is 12.9. The van der Waals surface area contributed by atoms with E-state index in [0.717, 1.165) is 33.3 Å². The number of para-hydroxylation sites is 1. The van der Waals surface area contributed by atoms with E-state index in [1.54, 1.807) is 12.3 Å². The zero-order valence-corrected chi connectivity index (χ0v) is 27.1. The van der Waals surface area contributed by atoms with Crippen LogP contribution in [0.15, 0.2) is 77.5 Å². The Balaban J connectivity index is 0.00000329. The van der Waals surface area contributed by atoms with Gasteiger partial charge in [0.15, 0.2) is 5.65 Å². The molecule has 43 heavy (non-hydrogen) atoms. The zero-order valence-electron chi connectivity index (χ0n) is 24.8. The Morgan fingerprint density at radius 2 is 1.67 bits per heavy atom. The van der Waals surface area contributed by atoms with Crippen molar-refractivity contribution in [1.29, 1.82) is 0 Å². The Bertz CT molecular complexity index is 2170. The minimum absolute atomic E-state index is 0. The summed E-state index contributed by atoms with van der Waals surface area (Å²) in [4.78, 5) is 14.2. The summed E-state index contributed by atoms with van der Waals surface area (Å²) in [5, 5.41) is 14.0. The van der Waals surface area contributed by atoms with Gasteiger partial charge in [0.25, 0.3) is 0 Å². The SMILES string of the molecule is CC(C)(C)c1ccnc(-n2c3ccccc3c3ccc(Oc4[c-]c5c(nc4)oc4c(C(C)(C)C)ccc(O)c45)nc32)c1.[Pt]. The molecule has 0 aliphatic carbocycles. The first kappa shape index (κ1) is 28.9. The number of phenolic OH excluding ortho intramolecular Hbond substituents is 1. The summed E-state index contributed by atoms with van der Waals surface area (Å²) in [7, 11) is 0. The topological polar surface area (TPSA) is 86.2 Å². The van der Waals surface area contributed by atoms with Crippen molar-refractivity contribution in [1.82, 2.24) is 19.5 Å². The number of pyridine rings is 3. The van der Waals surface area contributed by atoms with Gasteiger partial charge in [0.2, 0.25) is 5.88 Å². The molecule has 0 radical (unpaired) electrons. The Morgan fingerprint density at radius 3 is 2.44 bits per heavy atom. The monoisotopic (exact) mass is 750 g/mol. The summed E-state index contributed by atoms with van der Waals surface area (Å²) in [6, 6.07) is 23.1. The maximum Gasteiger partial charge on any atom is 0.219 e. The van der Waals surface area contributed by atoms with E-state index in [1.807, 2.05) is 36.5 Å². The summed E-state index contributed by atoms with van der Waals surface area (Å²) in [5.41, 5.74) is 4.70. The van der Waals surface area contributed by atoms with E-state index in [1.165, 1.54) is 5.56 Å². The Hall–Kier alpha value is -4.22. The third-order valence-corrected chi connectivity index (χ3v) is 7.71. The van der Waals surface area contributed by atoms with Gasteiger partial charge < -0.3 is 19.2 Å². The van der Waals surface area contributed by atoms with Gasteiger partial charge >= 0.3 is 0 Å². The van der Waals surface area contributed by atoms with Crippen LogP contribution in [0.2, 0.25) is 0 Å². The van der Waals surface area contributed by atoms with E-state index < -0.39 is 0 Å². The quantitative estimate of drug-likeness (QED) is 0.182. The summed E-state index contributed by atoms with van der Waals surface area (Å²) < 4.78 is 14.4. The molecule has 0 saturated heterocycles. The molecule has 0 bridgehead atoms. The molecule has 7 aromatic rings. The first-order chi connectivity index (χ1) is 20.0. The molecule has 0 aliphatic rings. The van der Waals surface area contributed by atoms with Gasteiger partial charge in [-0.3, -0.25) is 4.57 Å². The Kier molecular flexibility index (Phi) is 6.85. The van der Waals surface area contributed by atoms with E-state index in [-0.39, 0.29) is 37.6 Å². The summed E-state index contributed by atoms with van der Waals surface area (Å²) in [5.74, 6) is 1.67. The van der Waals surface area contributed by atoms with Crippen LogP contribution in [0.25, 0.3) is 49.8 Å². The van der Waals surface area contributed by atoms with Crippen LogP contribution in [0.4, 0.5) is 0 Å². The molecular formula is C35H31N4O3Pt-. The number of nitrogens with zero attached hydrogens (tertiary/aromatic N) is 4. The van der Waals surface area contributed by atoms with Crippen LogP contribution in [0, 0.1) is 6.07 Å². The van der Waals surface area contributed by atoms with E-state index in [0.29, 0.717) is 33.7 Å². The number of ether oxygens (including phenoxy) is 1. The molecule has 2 aromatic carbocycles. The third kappa shape index (κ3) is 4.86. The smallest absolute Gasteiger partial charge is 0.219 e. The second-order valence-corrected chi connectivity index (χ2v) is 12.7. The minimum atomic E-state index is -0.182. The Labute approximate surface area is 263 Å². The normalized spacial score (nSPS) is 12.3. The van der Waals surface area contributed by atoms with Crippen LogP contribution in [0.1, 0.15) is 52.7 Å². The molecule has 5 heterocycles. The number of hydrogen-bond acceptors (Lipinski definition) is 6. The van der Waals surface area contributed by atoms with Gasteiger partial charge in [-0.1, -0.05) is 77.3 Å². The summed E-state index contributed by atoms with van der Waals surface area (Å²) in [6.07, 6.45) is 3.41. The van der Waals surface area contributed by atoms with Crippen molar-refractivity contribution in [3.05, 3.63) is 90.3 Å². The second-order valence-electron chi connectivity index (χ2n) is 12.7. The molecule has 0 fully saturated rings. The van der Waals surface area contributed by atoms with Crippen molar-refractivity contribution in [3.63, 3.8) is 0 Å². The number of benzene rings is 2. The van der Waals surface area contributed by atoms with Crippen molar-refractivity contribution in [2.75, 3.05) is 0 Å². The van der Waals surface area contributed by atoms with Gasteiger partial charge in [-0.25, -0.2) is 4.98 Å². The number of phenols is 1. The predicted molar refractivity (Wildman–Crippen MR) is 166 cm³/mol. The maximum absolute atomic E-state index is 10.8. The maximum atomic E-state index is 10.8. The van der Waals surface area contributed by atoms with Crippen LogP contribution >= 0.6 is 0 Å². The van der Waals surface area contributed by atoms with E-state index >= 15 is 0 Å². The molecule has 0 spiro atoms. The fraction of sp³-hybridized carbons (Fsp3) is 0.229. The van der Waals surface area contributed by atoms with Crippen LogP contribution in [-0.4, -0.2) is 24.6 Å². The van der Waals surface area contributed by atoms with Crippen molar-refractivity contribution >= 4 is 44.0 Å². The summed E-state index contributed by atoms with van der Waals surface area (Å²) >= 11 is 0.